The Morgan fingerprint density at radius 3 is 2.79 bits per heavy atom. The molecule has 0 radical (unpaired) electrons. The van der Waals surface area contributed by atoms with Crippen LogP contribution in [-0.2, 0) is 0 Å². The summed E-state index contributed by atoms with van der Waals surface area (Å²) in [4.78, 5) is 25.8. The van der Waals surface area contributed by atoms with E-state index in [-0.39, 0.29) is 11.9 Å². The lowest BCUT2D eigenvalue weighted by atomic mass is 10.1. The van der Waals surface area contributed by atoms with Crippen molar-refractivity contribution in [1.82, 2.24) is 19.9 Å². The molecular formula is C13H13ClN4O. The first-order valence-corrected chi connectivity index (χ1v) is 6.11. The van der Waals surface area contributed by atoms with Gasteiger partial charge in [0.1, 0.15) is 6.33 Å². The number of hydrogen-bond donors (Lipinski definition) is 0. The summed E-state index contributed by atoms with van der Waals surface area (Å²) in [5.74, 6) is -0.152. The van der Waals surface area contributed by atoms with E-state index in [0.29, 0.717) is 10.6 Å². The van der Waals surface area contributed by atoms with Crippen LogP contribution in [0.3, 0.4) is 0 Å². The fourth-order valence-electron chi connectivity index (χ4n) is 1.65. The Balaban J connectivity index is 2.20. The van der Waals surface area contributed by atoms with Crippen LogP contribution in [0, 0.1) is 0 Å². The number of carbonyl (C=O) groups excluding carboxylic acids is 1. The van der Waals surface area contributed by atoms with Gasteiger partial charge in [-0.05, 0) is 19.1 Å². The van der Waals surface area contributed by atoms with Gasteiger partial charge in [-0.2, -0.15) is 0 Å². The smallest absolute Gasteiger partial charge is 0.255 e. The van der Waals surface area contributed by atoms with Gasteiger partial charge in [0.25, 0.3) is 5.91 Å². The lowest BCUT2D eigenvalue weighted by molar-refractivity contribution is 0.0739. The zero-order valence-corrected chi connectivity index (χ0v) is 11.4. The van der Waals surface area contributed by atoms with Crippen molar-refractivity contribution in [2.75, 3.05) is 7.05 Å². The number of hydrogen-bond acceptors (Lipinski definition) is 4. The Morgan fingerprint density at radius 2 is 2.16 bits per heavy atom. The van der Waals surface area contributed by atoms with Crippen LogP contribution in [0.2, 0.25) is 5.02 Å². The molecule has 0 aliphatic rings. The van der Waals surface area contributed by atoms with Gasteiger partial charge < -0.3 is 4.90 Å². The van der Waals surface area contributed by atoms with Crippen molar-refractivity contribution < 1.29 is 4.79 Å². The molecule has 5 nitrogen and oxygen atoms in total. The van der Waals surface area contributed by atoms with E-state index < -0.39 is 0 Å². The lowest BCUT2D eigenvalue weighted by Gasteiger charge is -2.24. The summed E-state index contributed by atoms with van der Waals surface area (Å²) in [6.45, 7) is 1.90. The fourth-order valence-corrected chi connectivity index (χ4v) is 1.83. The van der Waals surface area contributed by atoms with E-state index >= 15 is 0 Å². The highest BCUT2D eigenvalue weighted by molar-refractivity contribution is 6.30. The number of amides is 1. The van der Waals surface area contributed by atoms with Crippen molar-refractivity contribution in [3.63, 3.8) is 0 Å². The second-order valence-electron chi connectivity index (χ2n) is 4.12. The zero-order chi connectivity index (χ0) is 13.8. The van der Waals surface area contributed by atoms with Gasteiger partial charge in [0.05, 0.1) is 22.3 Å². The predicted octanol–water partition coefficient (Wildman–Crippen LogP) is 2.36. The Labute approximate surface area is 116 Å². The van der Waals surface area contributed by atoms with Gasteiger partial charge in [0.2, 0.25) is 0 Å². The summed E-state index contributed by atoms with van der Waals surface area (Å²) < 4.78 is 0. The van der Waals surface area contributed by atoms with E-state index in [0.717, 1.165) is 5.69 Å². The standard InChI is InChI=1S/C13H13ClN4O/c1-9(12-3-4-15-8-17-12)18(2)13(19)10-5-11(14)7-16-6-10/h3-9H,1-2H3/t9-/m0/s1. The predicted molar refractivity (Wildman–Crippen MR) is 71.8 cm³/mol. The van der Waals surface area contributed by atoms with E-state index in [1.807, 2.05) is 6.92 Å². The van der Waals surface area contributed by atoms with Crippen molar-refractivity contribution in [1.29, 1.82) is 0 Å². The van der Waals surface area contributed by atoms with Gasteiger partial charge >= 0.3 is 0 Å². The molecule has 0 spiro atoms. The molecule has 2 aromatic heterocycles. The molecule has 0 aliphatic carbocycles. The molecule has 6 heteroatoms. The SMILES string of the molecule is C[C@@H](c1ccncn1)N(C)C(=O)c1cncc(Cl)c1. The van der Waals surface area contributed by atoms with Crippen LogP contribution in [0.15, 0.2) is 37.1 Å². The summed E-state index contributed by atoms with van der Waals surface area (Å²) >= 11 is 5.84. The van der Waals surface area contributed by atoms with Crippen molar-refractivity contribution in [3.8, 4) is 0 Å². The van der Waals surface area contributed by atoms with Crippen LogP contribution < -0.4 is 0 Å². The first-order valence-electron chi connectivity index (χ1n) is 5.73. The third-order valence-electron chi connectivity index (χ3n) is 2.89. The quantitative estimate of drug-likeness (QED) is 0.863. The number of halogens is 1. The highest BCUT2D eigenvalue weighted by Gasteiger charge is 2.20. The van der Waals surface area contributed by atoms with Crippen LogP contribution in [0.5, 0.6) is 0 Å². The number of rotatable bonds is 3. The number of carbonyl (C=O) groups is 1. The molecule has 0 fully saturated rings. The summed E-state index contributed by atoms with van der Waals surface area (Å²) in [5.41, 5.74) is 1.23. The number of nitrogens with zero attached hydrogens (tertiary/aromatic N) is 4. The molecule has 0 aromatic carbocycles. The lowest BCUT2D eigenvalue weighted by Crippen LogP contribution is -2.30. The Morgan fingerprint density at radius 1 is 1.37 bits per heavy atom. The molecule has 0 aliphatic heterocycles. The average molecular weight is 277 g/mol. The average Bonchev–Trinajstić information content (AvgIpc) is 2.46. The minimum atomic E-state index is -0.158. The molecule has 0 saturated carbocycles. The summed E-state index contributed by atoms with van der Waals surface area (Å²) in [5, 5.41) is 0.439. The van der Waals surface area contributed by atoms with Gasteiger partial charge in [0.15, 0.2) is 0 Å². The maximum Gasteiger partial charge on any atom is 0.255 e. The van der Waals surface area contributed by atoms with Crippen LogP contribution in [0.1, 0.15) is 29.0 Å². The molecule has 19 heavy (non-hydrogen) atoms. The molecular weight excluding hydrogens is 264 g/mol. The third-order valence-corrected chi connectivity index (χ3v) is 3.09. The molecule has 0 N–H and O–H groups in total. The molecule has 1 atom stereocenters. The molecule has 1 amide bonds. The summed E-state index contributed by atoms with van der Waals surface area (Å²) in [6, 6.07) is 3.22. The molecule has 0 unspecified atom stereocenters. The van der Waals surface area contributed by atoms with Crippen molar-refractivity contribution in [2.24, 2.45) is 0 Å². The maximum atomic E-state index is 12.3. The second kappa shape index (κ2) is 5.75. The molecule has 2 rings (SSSR count). The van der Waals surface area contributed by atoms with E-state index in [1.165, 1.54) is 18.7 Å². The number of aromatic nitrogens is 3. The molecule has 2 aromatic rings. The normalized spacial score (nSPS) is 11.9. The highest BCUT2D eigenvalue weighted by atomic mass is 35.5. The minimum Gasteiger partial charge on any atom is -0.333 e. The van der Waals surface area contributed by atoms with E-state index in [2.05, 4.69) is 15.0 Å². The van der Waals surface area contributed by atoms with Crippen molar-refractivity contribution >= 4 is 17.5 Å². The van der Waals surface area contributed by atoms with Crippen LogP contribution in [0.25, 0.3) is 0 Å². The van der Waals surface area contributed by atoms with Crippen molar-refractivity contribution in [3.05, 3.63) is 53.3 Å². The van der Waals surface area contributed by atoms with Crippen molar-refractivity contribution in [2.45, 2.75) is 13.0 Å². The first-order chi connectivity index (χ1) is 9.09. The van der Waals surface area contributed by atoms with Gasteiger partial charge in [-0.1, -0.05) is 11.6 Å². The topological polar surface area (TPSA) is 59.0 Å². The summed E-state index contributed by atoms with van der Waals surface area (Å²) in [7, 11) is 1.72. The van der Waals surface area contributed by atoms with Crippen LogP contribution in [0.4, 0.5) is 0 Å². The second-order valence-corrected chi connectivity index (χ2v) is 4.55. The Hall–Kier alpha value is -2.01. The van der Waals surface area contributed by atoms with Gasteiger partial charge in [-0.3, -0.25) is 9.78 Å². The van der Waals surface area contributed by atoms with E-state index in [1.54, 1.807) is 30.3 Å². The van der Waals surface area contributed by atoms with Gasteiger partial charge in [-0.25, -0.2) is 9.97 Å². The molecule has 2 heterocycles. The third kappa shape index (κ3) is 3.06. The number of pyridine rings is 1. The zero-order valence-electron chi connectivity index (χ0n) is 10.6. The molecule has 0 bridgehead atoms. The summed E-state index contributed by atoms with van der Waals surface area (Å²) in [6.07, 6.45) is 6.10. The van der Waals surface area contributed by atoms with E-state index in [4.69, 9.17) is 11.6 Å². The highest BCUT2D eigenvalue weighted by Crippen LogP contribution is 2.19. The fraction of sp³-hybridized carbons (Fsp3) is 0.231. The van der Waals surface area contributed by atoms with Gasteiger partial charge in [0, 0.05) is 25.6 Å². The maximum absolute atomic E-state index is 12.3. The monoisotopic (exact) mass is 276 g/mol. The molecule has 98 valence electrons. The Bertz CT molecular complexity index is 576. The van der Waals surface area contributed by atoms with Gasteiger partial charge in [-0.15, -0.1) is 0 Å². The van der Waals surface area contributed by atoms with Crippen LogP contribution >= 0.6 is 11.6 Å². The largest absolute Gasteiger partial charge is 0.333 e. The van der Waals surface area contributed by atoms with Crippen LogP contribution in [-0.4, -0.2) is 32.8 Å². The minimum absolute atomic E-state index is 0.152. The Kier molecular flexibility index (Phi) is 4.06. The molecule has 0 saturated heterocycles. The van der Waals surface area contributed by atoms with E-state index in [9.17, 15) is 4.79 Å². The first kappa shape index (κ1) is 13.4.